The van der Waals surface area contributed by atoms with Crippen molar-refractivity contribution in [2.75, 3.05) is 6.61 Å². The minimum Gasteiger partial charge on any atom is -0.493 e. The minimum atomic E-state index is -0.185. The van der Waals surface area contributed by atoms with Crippen LogP contribution in [0.2, 0.25) is 0 Å². The number of nitrogens with zero attached hydrogens (tertiary/aromatic N) is 2. The quantitative estimate of drug-likeness (QED) is 0.617. The van der Waals surface area contributed by atoms with Crippen molar-refractivity contribution < 1.29 is 9.53 Å². The predicted molar refractivity (Wildman–Crippen MR) is 91.2 cm³/mol. The zero-order chi connectivity index (χ0) is 15.4. The van der Waals surface area contributed by atoms with E-state index in [0.29, 0.717) is 11.5 Å². The molecule has 0 unspecified atom stereocenters. The smallest absolute Gasteiger partial charge is 0.284 e. The van der Waals surface area contributed by atoms with Gasteiger partial charge in [-0.1, -0.05) is 31.2 Å². The number of aliphatic imine (C=N–C) groups is 1. The van der Waals surface area contributed by atoms with E-state index in [0.717, 1.165) is 35.1 Å². The third-order valence-corrected chi connectivity index (χ3v) is 4.10. The average Bonchev–Trinajstić information content (AvgIpc) is 2.93. The normalized spacial score (nSPS) is 15.9. The summed E-state index contributed by atoms with van der Waals surface area (Å²) < 4.78 is 5.85. The van der Waals surface area contributed by atoms with Crippen molar-refractivity contribution in [1.29, 1.82) is 0 Å². The molecular weight excluding hydrogens is 296 g/mol. The number of carbonyl (C=O) groups is 1. The predicted octanol–water partition coefficient (Wildman–Crippen LogP) is 4.06. The van der Waals surface area contributed by atoms with Crippen molar-refractivity contribution in [3.05, 3.63) is 40.9 Å². The van der Waals surface area contributed by atoms with Gasteiger partial charge in [-0.05, 0) is 36.3 Å². The van der Waals surface area contributed by atoms with Crippen LogP contribution < -0.4 is 4.74 Å². The fraction of sp³-hybridized carbons (Fsp3) is 0.235. The molecule has 0 radical (unpaired) electrons. The molecule has 0 N–H and O–H groups in total. The lowest BCUT2D eigenvalue weighted by Gasteiger charge is -2.09. The van der Waals surface area contributed by atoms with Crippen LogP contribution in [0.5, 0.6) is 5.75 Å². The molecule has 22 heavy (non-hydrogen) atoms. The summed E-state index contributed by atoms with van der Waals surface area (Å²) in [5, 5.41) is 0.962. The van der Waals surface area contributed by atoms with Crippen molar-refractivity contribution in [3.8, 4) is 5.75 Å². The number of ether oxygens (including phenoxy) is 1. The summed E-state index contributed by atoms with van der Waals surface area (Å²) in [6, 6.07) is 7.78. The number of hydrogen-bond donors (Lipinski definition) is 0. The van der Waals surface area contributed by atoms with Gasteiger partial charge in [0.15, 0.2) is 0 Å². The molecule has 0 spiro atoms. The number of carbonyl (C=O) groups excluding carboxylic acids is 1. The Balaban J connectivity index is 1.93. The SMILES string of the molecule is CCCCOc1ccnc2ccc(/C=C3\SC=NC3=O)cc12. The maximum atomic E-state index is 11.6. The Hall–Kier alpha value is -2.14. The van der Waals surface area contributed by atoms with Gasteiger partial charge in [-0.2, -0.15) is 0 Å². The highest BCUT2D eigenvalue weighted by atomic mass is 32.2. The number of unbranched alkanes of at least 4 members (excludes halogenated alkanes) is 1. The van der Waals surface area contributed by atoms with Crippen LogP contribution in [0.1, 0.15) is 25.3 Å². The molecule has 112 valence electrons. The Morgan fingerprint density at radius 3 is 3.00 bits per heavy atom. The van der Waals surface area contributed by atoms with Gasteiger partial charge in [0.05, 0.1) is 22.6 Å². The summed E-state index contributed by atoms with van der Waals surface area (Å²) in [4.78, 5) is 20.3. The number of rotatable bonds is 5. The van der Waals surface area contributed by atoms with Crippen molar-refractivity contribution in [2.24, 2.45) is 4.99 Å². The molecule has 1 aliphatic heterocycles. The van der Waals surface area contributed by atoms with E-state index in [1.807, 2.05) is 30.3 Å². The molecule has 2 heterocycles. The second-order valence-electron chi connectivity index (χ2n) is 4.95. The lowest BCUT2D eigenvalue weighted by molar-refractivity contribution is -0.113. The van der Waals surface area contributed by atoms with Gasteiger partial charge in [-0.3, -0.25) is 9.78 Å². The Bertz CT molecular complexity index is 768. The van der Waals surface area contributed by atoms with Crippen molar-refractivity contribution in [2.45, 2.75) is 19.8 Å². The van der Waals surface area contributed by atoms with Gasteiger partial charge in [-0.25, -0.2) is 4.99 Å². The number of fused-ring (bicyclic) bond motifs is 1. The van der Waals surface area contributed by atoms with Crippen molar-refractivity contribution in [1.82, 2.24) is 4.98 Å². The molecule has 1 aliphatic rings. The summed E-state index contributed by atoms with van der Waals surface area (Å²) in [6.07, 6.45) is 5.73. The summed E-state index contributed by atoms with van der Waals surface area (Å²) in [5.74, 6) is 0.649. The third kappa shape index (κ3) is 3.20. The number of pyridine rings is 1. The highest BCUT2D eigenvalue weighted by Gasteiger charge is 2.13. The van der Waals surface area contributed by atoms with Gasteiger partial charge in [-0.15, -0.1) is 0 Å². The first-order valence-electron chi connectivity index (χ1n) is 7.24. The largest absolute Gasteiger partial charge is 0.493 e. The minimum absolute atomic E-state index is 0.185. The molecule has 0 atom stereocenters. The van der Waals surface area contributed by atoms with Crippen LogP contribution in [0.4, 0.5) is 0 Å². The van der Waals surface area contributed by atoms with Gasteiger partial charge in [0.25, 0.3) is 5.91 Å². The lowest BCUT2D eigenvalue weighted by Crippen LogP contribution is -1.97. The highest BCUT2D eigenvalue weighted by Crippen LogP contribution is 2.28. The molecule has 3 rings (SSSR count). The zero-order valence-corrected chi connectivity index (χ0v) is 13.1. The van der Waals surface area contributed by atoms with Gasteiger partial charge >= 0.3 is 0 Å². The second-order valence-corrected chi connectivity index (χ2v) is 5.84. The lowest BCUT2D eigenvalue weighted by atomic mass is 10.1. The maximum Gasteiger partial charge on any atom is 0.284 e. The van der Waals surface area contributed by atoms with Crippen LogP contribution in [0.3, 0.4) is 0 Å². The Kier molecular flexibility index (Phi) is 4.53. The van der Waals surface area contributed by atoms with E-state index in [-0.39, 0.29) is 5.91 Å². The molecule has 4 nitrogen and oxygen atoms in total. The Labute approximate surface area is 133 Å². The fourth-order valence-electron chi connectivity index (χ4n) is 2.17. The molecule has 0 fully saturated rings. The van der Waals surface area contributed by atoms with Crippen LogP contribution in [-0.2, 0) is 4.79 Å². The highest BCUT2D eigenvalue weighted by molar-refractivity contribution is 8.16. The molecule has 0 bridgehead atoms. The number of benzene rings is 1. The monoisotopic (exact) mass is 312 g/mol. The van der Waals surface area contributed by atoms with Crippen LogP contribution in [0, 0.1) is 0 Å². The number of aromatic nitrogens is 1. The van der Waals surface area contributed by atoms with Gasteiger partial charge < -0.3 is 4.74 Å². The van der Waals surface area contributed by atoms with E-state index in [2.05, 4.69) is 16.9 Å². The summed E-state index contributed by atoms with van der Waals surface area (Å²) in [7, 11) is 0. The Morgan fingerprint density at radius 2 is 2.23 bits per heavy atom. The molecular formula is C17H16N2O2S. The van der Waals surface area contributed by atoms with E-state index >= 15 is 0 Å². The van der Waals surface area contributed by atoms with E-state index < -0.39 is 0 Å². The Morgan fingerprint density at radius 1 is 1.32 bits per heavy atom. The first kappa shape index (κ1) is 14.8. The third-order valence-electron chi connectivity index (χ3n) is 3.34. The fourth-order valence-corrected chi connectivity index (χ4v) is 2.79. The average molecular weight is 312 g/mol. The molecule has 1 aromatic carbocycles. The van der Waals surface area contributed by atoms with Crippen LogP contribution >= 0.6 is 11.8 Å². The first-order chi connectivity index (χ1) is 10.8. The molecule has 0 saturated carbocycles. The van der Waals surface area contributed by atoms with Crippen molar-refractivity contribution in [3.63, 3.8) is 0 Å². The summed E-state index contributed by atoms with van der Waals surface area (Å²) >= 11 is 1.34. The zero-order valence-electron chi connectivity index (χ0n) is 12.3. The van der Waals surface area contributed by atoms with Crippen LogP contribution in [-0.4, -0.2) is 23.0 Å². The molecule has 5 heteroatoms. The van der Waals surface area contributed by atoms with Gasteiger partial charge in [0.2, 0.25) is 0 Å². The molecule has 0 aliphatic carbocycles. The van der Waals surface area contributed by atoms with Gasteiger partial charge in [0.1, 0.15) is 5.75 Å². The standard InChI is InChI=1S/C17H16N2O2S/c1-2-3-8-21-15-6-7-18-14-5-4-12(9-13(14)15)10-16-17(20)19-11-22-16/h4-7,9-11H,2-3,8H2,1H3/b16-10-. The van der Waals surface area contributed by atoms with E-state index in [4.69, 9.17) is 4.74 Å². The maximum absolute atomic E-state index is 11.6. The van der Waals surface area contributed by atoms with E-state index in [9.17, 15) is 4.79 Å². The van der Waals surface area contributed by atoms with Crippen LogP contribution in [0.25, 0.3) is 17.0 Å². The topological polar surface area (TPSA) is 51.6 Å². The van der Waals surface area contributed by atoms with Crippen molar-refractivity contribution >= 4 is 40.2 Å². The molecule has 1 amide bonds. The molecule has 0 saturated heterocycles. The van der Waals surface area contributed by atoms with E-state index in [1.165, 1.54) is 11.8 Å². The summed E-state index contributed by atoms with van der Waals surface area (Å²) in [5.41, 5.74) is 3.40. The second kappa shape index (κ2) is 6.75. The number of amides is 1. The van der Waals surface area contributed by atoms with Gasteiger partial charge in [0, 0.05) is 11.6 Å². The first-order valence-corrected chi connectivity index (χ1v) is 8.12. The molecule has 1 aromatic heterocycles. The summed E-state index contributed by atoms with van der Waals surface area (Å²) in [6.45, 7) is 2.83. The number of thioether (sulfide) groups is 1. The number of hydrogen-bond acceptors (Lipinski definition) is 4. The van der Waals surface area contributed by atoms with Crippen LogP contribution in [0.15, 0.2) is 40.4 Å². The van der Waals surface area contributed by atoms with E-state index in [1.54, 1.807) is 11.7 Å². The molecule has 2 aromatic rings.